The molecule has 2 fully saturated rings. The minimum atomic E-state index is -0.0244. The van der Waals surface area contributed by atoms with Crippen LogP contribution in [-0.2, 0) is 9.59 Å². The molecule has 1 unspecified atom stereocenters. The maximum absolute atomic E-state index is 10.9. The predicted octanol–water partition coefficient (Wildman–Crippen LogP) is 5.31. The molecule has 0 spiro atoms. The first kappa shape index (κ1) is 29.8. The summed E-state index contributed by atoms with van der Waals surface area (Å²) in [5.74, 6) is 0.0621. The van der Waals surface area contributed by atoms with E-state index in [-0.39, 0.29) is 11.8 Å². The molecule has 1 heterocycles. The Balaban J connectivity index is -0.000000316. The second kappa shape index (κ2) is 18.9. The van der Waals surface area contributed by atoms with Crippen LogP contribution in [0, 0.1) is 11.3 Å². The summed E-state index contributed by atoms with van der Waals surface area (Å²) in [4.78, 5) is 22.8. The SMILES string of the molecule is CC.CC.CC.CN1CCC(C=O)CC1=O.CNC1CCC(C)(C)CC1. The number of carbonyl (C=O) groups is 2. The smallest absolute Gasteiger partial charge is 0.223 e. The molecular weight excluding hydrogens is 324 g/mol. The predicted molar refractivity (Wildman–Crippen MR) is 116 cm³/mol. The molecule has 1 atom stereocenters. The second-order valence-corrected chi connectivity index (χ2v) is 6.93. The van der Waals surface area contributed by atoms with Crippen molar-refractivity contribution in [2.75, 3.05) is 20.6 Å². The van der Waals surface area contributed by atoms with E-state index in [1.807, 2.05) is 41.5 Å². The van der Waals surface area contributed by atoms with Crippen molar-refractivity contribution in [2.24, 2.45) is 11.3 Å². The molecule has 4 nitrogen and oxygen atoms in total. The highest BCUT2D eigenvalue weighted by Crippen LogP contribution is 2.34. The van der Waals surface area contributed by atoms with Crippen molar-refractivity contribution >= 4 is 12.2 Å². The van der Waals surface area contributed by atoms with Crippen LogP contribution in [0.4, 0.5) is 0 Å². The second-order valence-electron chi connectivity index (χ2n) is 6.93. The summed E-state index contributed by atoms with van der Waals surface area (Å²) in [7, 11) is 3.84. The van der Waals surface area contributed by atoms with E-state index >= 15 is 0 Å². The van der Waals surface area contributed by atoms with Crippen LogP contribution in [0.5, 0.6) is 0 Å². The molecule has 1 saturated heterocycles. The third-order valence-corrected chi connectivity index (χ3v) is 4.64. The van der Waals surface area contributed by atoms with Gasteiger partial charge in [0.15, 0.2) is 0 Å². The minimum Gasteiger partial charge on any atom is -0.346 e. The normalized spacial score (nSPS) is 21.2. The zero-order valence-electron chi connectivity index (χ0n) is 19.4. The summed E-state index contributed by atoms with van der Waals surface area (Å²) < 4.78 is 0. The van der Waals surface area contributed by atoms with Gasteiger partial charge in [-0.15, -0.1) is 0 Å². The number of likely N-dealkylation sites (tertiary alicyclic amines) is 1. The fraction of sp³-hybridized carbons (Fsp3) is 0.909. The quantitative estimate of drug-likeness (QED) is 0.669. The third kappa shape index (κ3) is 14.3. The summed E-state index contributed by atoms with van der Waals surface area (Å²) in [6.07, 6.45) is 7.61. The van der Waals surface area contributed by atoms with Gasteiger partial charge < -0.3 is 15.0 Å². The van der Waals surface area contributed by atoms with Gasteiger partial charge in [0.25, 0.3) is 0 Å². The molecule has 0 aromatic rings. The van der Waals surface area contributed by atoms with Gasteiger partial charge in [0.1, 0.15) is 6.29 Å². The van der Waals surface area contributed by atoms with E-state index in [0.29, 0.717) is 11.8 Å². The van der Waals surface area contributed by atoms with Crippen molar-refractivity contribution in [1.29, 1.82) is 0 Å². The molecular formula is C22H48N2O2. The average molecular weight is 373 g/mol. The van der Waals surface area contributed by atoms with Crippen molar-refractivity contribution in [1.82, 2.24) is 10.2 Å². The lowest BCUT2D eigenvalue weighted by molar-refractivity contribution is -0.135. The van der Waals surface area contributed by atoms with E-state index in [4.69, 9.17) is 0 Å². The fourth-order valence-corrected chi connectivity index (χ4v) is 2.77. The first-order chi connectivity index (χ1) is 12.4. The molecule has 2 aliphatic rings. The molecule has 1 aliphatic heterocycles. The Morgan fingerprint density at radius 2 is 1.46 bits per heavy atom. The number of rotatable bonds is 2. The maximum Gasteiger partial charge on any atom is 0.223 e. The summed E-state index contributed by atoms with van der Waals surface area (Å²) in [5, 5.41) is 3.34. The van der Waals surface area contributed by atoms with Gasteiger partial charge in [0, 0.05) is 32.0 Å². The van der Waals surface area contributed by atoms with Crippen molar-refractivity contribution in [3.8, 4) is 0 Å². The summed E-state index contributed by atoms with van der Waals surface area (Å²) in [5.41, 5.74) is 0.618. The van der Waals surface area contributed by atoms with Gasteiger partial charge in [0.05, 0.1) is 0 Å². The highest BCUT2D eigenvalue weighted by Gasteiger charge is 2.25. The average Bonchev–Trinajstić information content (AvgIpc) is 2.69. The Morgan fingerprint density at radius 3 is 1.81 bits per heavy atom. The van der Waals surface area contributed by atoms with E-state index in [1.54, 1.807) is 11.9 Å². The molecule has 1 N–H and O–H groups in total. The lowest BCUT2D eigenvalue weighted by Crippen LogP contribution is -2.35. The zero-order valence-corrected chi connectivity index (χ0v) is 19.4. The highest BCUT2D eigenvalue weighted by molar-refractivity contribution is 5.80. The van der Waals surface area contributed by atoms with Crippen molar-refractivity contribution in [3.63, 3.8) is 0 Å². The number of hydrogen-bond acceptors (Lipinski definition) is 3. The molecule has 1 amide bonds. The van der Waals surface area contributed by atoms with Gasteiger partial charge in [-0.25, -0.2) is 0 Å². The summed E-state index contributed by atoms with van der Waals surface area (Å²) >= 11 is 0. The molecule has 1 aliphatic carbocycles. The van der Waals surface area contributed by atoms with Crippen molar-refractivity contribution < 1.29 is 9.59 Å². The lowest BCUT2D eigenvalue weighted by atomic mass is 9.76. The number of carbonyl (C=O) groups excluding carboxylic acids is 2. The number of nitrogens with one attached hydrogen (secondary N) is 1. The van der Waals surface area contributed by atoms with Crippen LogP contribution in [0.25, 0.3) is 0 Å². The van der Waals surface area contributed by atoms with Crippen LogP contribution in [-0.4, -0.2) is 43.8 Å². The molecule has 0 aromatic heterocycles. The van der Waals surface area contributed by atoms with Gasteiger partial charge >= 0.3 is 0 Å². The van der Waals surface area contributed by atoms with Crippen LogP contribution in [0.2, 0.25) is 0 Å². The van der Waals surface area contributed by atoms with Gasteiger partial charge in [-0.1, -0.05) is 55.4 Å². The Kier molecular flexibility index (Phi) is 21.7. The van der Waals surface area contributed by atoms with Crippen LogP contribution in [0.3, 0.4) is 0 Å². The number of aldehydes is 1. The molecule has 1 saturated carbocycles. The van der Waals surface area contributed by atoms with Gasteiger partial charge in [-0.2, -0.15) is 0 Å². The van der Waals surface area contributed by atoms with Crippen LogP contribution in [0.1, 0.15) is 93.9 Å². The van der Waals surface area contributed by atoms with Crippen LogP contribution in [0.15, 0.2) is 0 Å². The number of hydrogen-bond donors (Lipinski definition) is 1. The van der Waals surface area contributed by atoms with E-state index in [1.165, 1.54) is 25.7 Å². The Hall–Kier alpha value is -0.900. The Morgan fingerprint density at radius 1 is 1.00 bits per heavy atom. The van der Waals surface area contributed by atoms with Crippen molar-refractivity contribution in [3.05, 3.63) is 0 Å². The molecule has 0 radical (unpaired) electrons. The monoisotopic (exact) mass is 372 g/mol. The third-order valence-electron chi connectivity index (χ3n) is 4.64. The molecule has 4 heteroatoms. The lowest BCUT2D eigenvalue weighted by Gasteiger charge is -2.33. The maximum atomic E-state index is 10.9. The zero-order chi connectivity index (χ0) is 21.2. The van der Waals surface area contributed by atoms with Gasteiger partial charge in [-0.3, -0.25) is 4.79 Å². The highest BCUT2D eigenvalue weighted by atomic mass is 16.2. The minimum absolute atomic E-state index is 0.0244. The van der Waals surface area contributed by atoms with E-state index < -0.39 is 0 Å². The number of nitrogens with zero attached hydrogens (tertiary/aromatic N) is 1. The first-order valence-corrected chi connectivity index (χ1v) is 10.7. The summed E-state index contributed by atoms with van der Waals surface area (Å²) in [6, 6.07) is 0.799. The topological polar surface area (TPSA) is 49.4 Å². The standard InChI is InChI=1S/C9H19N.C7H11NO2.3C2H6/c1-9(2)6-4-8(10-3)5-7-9;1-8-3-2-6(5-9)4-7(8)10;3*1-2/h8,10H,4-7H2,1-3H3;5-6H,2-4H2,1H3;3*1-2H3. The molecule has 0 bridgehead atoms. The molecule has 0 aromatic carbocycles. The number of amides is 1. The van der Waals surface area contributed by atoms with Crippen molar-refractivity contribution in [2.45, 2.75) is 100.0 Å². The first-order valence-electron chi connectivity index (χ1n) is 10.7. The fourth-order valence-electron chi connectivity index (χ4n) is 2.77. The largest absolute Gasteiger partial charge is 0.346 e. The van der Waals surface area contributed by atoms with Gasteiger partial charge in [0.2, 0.25) is 5.91 Å². The van der Waals surface area contributed by atoms with E-state index in [2.05, 4.69) is 26.2 Å². The molecule has 158 valence electrons. The molecule has 26 heavy (non-hydrogen) atoms. The number of piperidine rings is 1. The van der Waals surface area contributed by atoms with E-state index in [9.17, 15) is 9.59 Å². The Bertz CT molecular complexity index is 320. The van der Waals surface area contributed by atoms with Crippen LogP contribution >= 0.6 is 0 Å². The Labute approximate surface area is 164 Å². The summed E-state index contributed by atoms with van der Waals surface area (Å²) in [6.45, 7) is 17.5. The molecule has 2 rings (SSSR count). The van der Waals surface area contributed by atoms with Crippen LogP contribution < -0.4 is 5.32 Å². The van der Waals surface area contributed by atoms with Gasteiger partial charge in [-0.05, 0) is 44.6 Å². The van der Waals surface area contributed by atoms with E-state index in [0.717, 1.165) is 25.3 Å².